The molecule has 5 rings (SSSR count). The molecule has 2 heteroatoms. The van der Waals surface area contributed by atoms with E-state index in [-0.39, 0.29) is 5.38 Å². The highest BCUT2D eigenvalue weighted by molar-refractivity contribution is 6.21. The summed E-state index contributed by atoms with van der Waals surface area (Å²) in [6.07, 6.45) is 7.27. The Morgan fingerprint density at radius 2 is 1.67 bits per heavy atom. The third kappa shape index (κ3) is 2.29. The first-order valence-corrected chi connectivity index (χ1v) is 8.88. The molecular formula is C19H25ClO. The first-order valence-electron chi connectivity index (χ1n) is 8.44. The van der Waals surface area contributed by atoms with E-state index >= 15 is 0 Å². The van der Waals surface area contributed by atoms with Crippen molar-refractivity contribution in [1.29, 1.82) is 0 Å². The fourth-order valence-corrected chi connectivity index (χ4v) is 6.39. The van der Waals surface area contributed by atoms with Crippen LogP contribution in [0.25, 0.3) is 0 Å². The summed E-state index contributed by atoms with van der Waals surface area (Å²) in [6.45, 7) is 2.17. The summed E-state index contributed by atoms with van der Waals surface area (Å²) >= 11 is 7.01. The number of hydrogen-bond donors (Lipinski definition) is 0. The fraction of sp³-hybridized carbons (Fsp3) is 0.684. The molecular weight excluding hydrogens is 280 g/mol. The van der Waals surface area contributed by atoms with Crippen molar-refractivity contribution in [2.45, 2.75) is 44.4 Å². The number of benzene rings is 1. The zero-order valence-corrected chi connectivity index (χ0v) is 13.8. The van der Waals surface area contributed by atoms with E-state index in [1.54, 1.807) is 7.11 Å². The average Bonchev–Trinajstić information content (AvgIpc) is 2.45. The van der Waals surface area contributed by atoms with Crippen LogP contribution in [0.15, 0.2) is 18.2 Å². The topological polar surface area (TPSA) is 9.23 Å². The number of aryl methyl sites for hydroxylation is 1. The van der Waals surface area contributed by atoms with Crippen LogP contribution in [0.1, 0.15) is 48.6 Å². The highest BCUT2D eigenvalue weighted by Crippen LogP contribution is 2.60. The van der Waals surface area contributed by atoms with Gasteiger partial charge in [-0.05, 0) is 91.9 Å². The minimum Gasteiger partial charge on any atom is -0.497 e. The number of alkyl halides is 1. The van der Waals surface area contributed by atoms with E-state index in [0.29, 0.717) is 5.92 Å². The van der Waals surface area contributed by atoms with Crippen molar-refractivity contribution < 1.29 is 4.74 Å². The van der Waals surface area contributed by atoms with Crippen molar-refractivity contribution in [2.24, 2.45) is 29.6 Å². The zero-order chi connectivity index (χ0) is 14.6. The molecule has 114 valence electrons. The minimum atomic E-state index is 0.186. The maximum atomic E-state index is 7.01. The molecule has 4 aliphatic rings. The van der Waals surface area contributed by atoms with Crippen LogP contribution >= 0.6 is 11.6 Å². The van der Waals surface area contributed by atoms with E-state index in [9.17, 15) is 0 Å². The van der Waals surface area contributed by atoms with E-state index in [1.165, 1.54) is 43.2 Å². The third-order valence-electron chi connectivity index (χ3n) is 6.41. The van der Waals surface area contributed by atoms with Gasteiger partial charge in [0.1, 0.15) is 5.75 Å². The van der Waals surface area contributed by atoms with E-state index in [2.05, 4.69) is 25.1 Å². The van der Waals surface area contributed by atoms with Gasteiger partial charge in [-0.25, -0.2) is 0 Å². The average molecular weight is 305 g/mol. The SMILES string of the molecule is COc1ccc(C(Cl)C2C3CC4CC(C3)CC2C4)c(C)c1. The monoisotopic (exact) mass is 304 g/mol. The van der Waals surface area contributed by atoms with Crippen molar-refractivity contribution in [2.75, 3.05) is 7.11 Å². The Morgan fingerprint density at radius 3 is 2.19 bits per heavy atom. The van der Waals surface area contributed by atoms with Gasteiger partial charge in [0.15, 0.2) is 0 Å². The Labute approximate surface area is 133 Å². The summed E-state index contributed by atoms with van der Waals surface area (Å²) < 4.78 is 5.33. The molecule has 0 N–H and O–H groups in total. The minimum absolute atomic E-state index is 0.186. The third-order valence-corrected chi connectivity index (χ3v) is 6.94. The Morgan fingerprint density at radius 1 is 1.05 bits per heavy atom. The van der Waals surface area contributed by atoms with Crippen LogP contribution in [0.5, 0.6) is 5.75 Å². The Bertz CT molecular complexity index is 510. The van der Waals surface area contributed by atoms with Crippen molar-refractivity contribution in [3.63, 3.8) is 0 Å². The van der Waals surface area contributed by atoms with Crippen LogP contribution in [0.3, 0.4) is 0 Å². The number of rotatable bonds is 3. The molecule has 1 aromatic rings. The molecule has 4 saturated carbocycles. The molecule has 0 amide bonds. The molecule has 1 nitrogen and oxygen atoms in total. The standard InChI is InChI=1S/C19H25ClO/c1-11-5-16(21-2)3-4-17(11)19(20)18-14-7-12-6-13(9-14)10-15(18)8-12/h3-5,12-15,18-19H,6-10H2,1-2H3. The highest BCUT2D eigenvalue weighted by Gasteiger charge is 2.50. The maximum absolute atomic E-state index is 7.01. The molecule has 1 unspecified atom stereocenters. The van der Waals surface area contributed by atoms with Crippen LogP contribution in [-0.4, -0.2) is 7.11 Å². The van der Waals surface area contributed by atoms with Crippen LogP contribution in [0.2, 0.25) is 0 Å². The molecule has 4 fully saturated rings. The second kappa shape index (κ2) is 5.19. The summed E-state index contributed by atoms with van der Waals surface area (Å²) in [5.41, 5.74) is 2.61. The second-order valence-electron chi connectivity index (χ2n) is 7.63. The van der Waals surface area contributed by atoms with Gasteiger partial charge in [-0.2, -0.15) is 0 Å². The largest absolute Gasteiger partial charge is 0.497 e. The Kier molecular flexibility index (Phi) is 3.45. The van der Waals surface area contributed by atoms with E-state index in [1.807, 2.05) is 0 Å². The lowest BCUT2D eigenvalue weighted by Crippen LogP contribution is -2.46. The second-order valence-corrected chi connectivity index (χ2v) is 8.10. The summed E-state index contributed by atoms with van der Waals surface area (Å²) in [4.78, 5) is 0. The van der Waals surface area contributed by atoms with Crippen molar-refractivity contribution in [3.8, 4) is 5.75 Å². The molecule has 4 bridgehead atoms. The Balaban J connectivity index is 1.61. The van der Waals surface area contributed by atoms with Crippen LogP contribution in [-0.2, 0) is 0 Å². The smallest absolute Gasteiger partial charge is 0.119 e. The van der Waals surface area contributed by atoms with Gasteiger partial charge in [0.2, 0.25) is 0 Å². The summed E-state index contributed by atoms with van der Waals surface area (Å²) in [5, 5.41) is 0.186. The molecule has 0 aliphatic heterocycles. The molecule has 1 atom stereocenters. The van der Waals surface area contributed by atoms with Gasteiger partial charge in [-0.15, -0.1) is 11.6 Å². The lowest BCUT2D eigenvalue weighted by molar-refractivity contribution is -0.0381. The van der Waals surface area contributed by atoms with Crippen LogP contribution in [0.4, 0.5) is 0 Å². The van der Waals surface area contributed by atoms with Crippen LogP contribution < -0.4 is 4.74 Å². The molecule has 21 heavy (non-hydrogen) atoms. The van der Waals surface area contributed by atoms with Gasteiger partial charge in [0, 0.05) is 0 Å². The predicted octanol–water partition coefficient (Wildman–Crippen LogP) is 5.36. The lowest BCUT2D eigenvalue weighted by atomic mass is 9.51. The molecule has 0 aromatic heterocycles. The lowest BCUT2D eigenvalue weighted by Gasteiger charge is -2.55. The van der Waals surface area contributed by atoms with Gasteiger partial charge in [0.05, 0.1) is 12.5 Å². The van der Waals surface area contributed by atoms with E-state index in [4.69, 9.17) is 16.3 Å². The molecule has 0 saturated heterocycles. The highest BCUT2D eigenvalue weighted by atomic mass is 35.5. The predicted molar refractivity (Wildman–Crippen MR) is 86.9 cm³/mol. The van der Waals surface area contributed by atoms with Gasteiger partial charge in [-0.3, -0.25) is 0 Å². The number of methoxy groups -OCH3 is 1. The number of hydrogen-bond acceptors (Lipinski definition) is 1. The quantitative estimate of drug-likeness (QED) is 0.683. The van der Waals surface area contributed by atoms with Crippen molar-refractivity contribution >= 4 is 11.6 Å². The first kappa shape index (κ1) is 13.9. The molecule has 1 aromatic carbocycles. The Hall–Kier alpha value is -0.690. The number of halogens is 1. The first-order chi connectivity index (χ1) is 10.2. The fourth-order valence-electron chi connectivity index (χ4n) is 5.74. The van der Waals surface area contributed by atoms with E-state index < -0.39 is 0 Å². The normalized spacial score (nSPS) is 38.5. The summed E-state index contributed by atoms with van der Waals surface area (Å²) in [5.74, 6) is 5.43. The number of ether oxygens (including phenoxy) is 1. The zero-order valence-electron chi connectivity index (χ0n) is 13.0. The van der Waals surface area contributed by atoms with Gasteiger partial charge >= 0.3 is 0 Å². The van der Waals surface area contributed by atoms with Gasteiger partial charge in [-0.1, -0.05) is 6.07 Å². The van der Waals surface area contributed by atoms with E-state index in [0.717, 1.165) is 29.4 Å². The van der Waals surface area contributed by atoms with Crippen molar-refractivity contribution in [3.05, 3.63) is 29.3 Å². The van der Waals surface area contributed by atoms with Gasteiger partial charge < -0.3 is 4.74 Å². The summed E-state index contributed by atoms with van der Waals surface area (Å²) in [7, 11) is 1.73. The molecule has 0 radical (unpaired) electrons. The van der Waals surface area contributed by atoms with Crippen LogP contribution in [0, 0.1) is 36.5 Å². The molecule has 0 spiro atoms. The molecule has 4 aliphatic carbocycles. The van der Waals surface area contributed by atoms with Crippen molar-refractivity contribution in [1.82, 2.24) is 0 Å². The maximum Gasteiger partial charge on any atom is 0.119 e. The summed E-state index contributed by atoms with van der Waals surface area (Å²) in [6, 6.07) is 6.38. The molecule has 0 heterocycles. The van der Waals surface area contributed by atoms with Gasteiger partial charge in [0.25, 0.3) is 0 Å².